The van der Waals surface area contributed by atoms with Crippen LogP contribution in [0.15, 0.2) is 84.9 Å². The molecule has 33 heavy (non-hydrogen) atoms. The molecule has 0 saturated carbocycles. The summed E-state index contributed by atoms with van der Waals surface area (Å²) in [7, 11) is 0. The van der Waals surface area contributed by atoms with Crippen LogP contribution in [-0.2, 0) is 6.18 Å². The summed E-state index contributed by atoms with van der Waals surface area (Å²) in [5.74, 6) is -1.38. The molecule has 3 aromatic carbocycles. The van der Waals surface area contributed by atoms with Crippen molar-refractivity contribution in [3.05, 3.63) is 96.0 Å². The average molecular weight is 467 g/mol. The Bertz CT molecular complexity index is 1380. The van der Waals surface area contributed by atoms with Crippen molar-refractivity contribution in [1.82, 2.24) is 24.5 Å². The molecule has 0 unspecified atom stereocenters. The van der Waals surface area contributed by atoms with Gasteiger partial charge in [-0.1, -0.05) is 48.5 Å². The van der Waals surface area contributed by atoms with E-state index in [9.17, 15) is 13.2 Å². The van der Waals surface area contributed by atoms with Gasteiger partial charge in [0.2, 0.25) is 23.0 Å². The van der Waals surface area contributed by atoms with Crippen molar-refractivity contribution in [3.63, 3.8) is 0 Å². The number of hydrogen-bond donors (Lipinski definition) is 0. The molecule has 0 fully saturated rings. The van der Waals surface area contributed by atoms with E-state index in [1.165, 1.54) is 12.1 Å². The second-order valence-corrected chi connectivity index (χ2v) is 7.31. The third-order valence-electron chi connectivity index (χ3n) is 4.83. The van der Waals surface area contributed by atoms with Crippen molar-refractivity contribution in [3.8, 4) is 5.95 Å². The zero-order chi connectivity index (χ0) is 23.0. The minimum atomic E-state index is -4.74. The summed E-state index contributed by atoms with van der Waals surface area (Å²) in [6, 6.07) is 24.6. The smallest absolute Gasteiger partial charge is 0.279 e. The highest BCUT2D eigenvalue weighted by atomic mass is 35.5. The summed E-state index contributed by atoms with van der Waals surface area (Å²) >= 11 is 6.20. The number of hydrogen-bond acceptors (Lipinski definition) is 5. The summed E-state index contributed by atoms with van der Waals surface area (Å²) < 4.78 is 42.4. The molecule has 0 bridgehead atoms. The minimum absolute atomic E-state index is 0.0632. The van der Waals surface area contributed by atoms with Gasteiger partial charge in [-0.3, -0.25) is 9.47 Å². The van der Waals surface area contributed by atoms with Crippen LogP contribution < -0.4 is 4.90 Å². The Labute approximate surface area is 191 Å². The van der Waals surface area contributed by atoms with Gasteiger partial charge >= 0.3 is 6.18 Å². The van der Waals surface area contributed by atoms with Gasteiger partial charge in [-0.15, -0.1) is 0 Å². The molecule has 0 radical (unpaired) electrons. The number of benzene rings is 3. The summed E-state index contributed by atoms with van der Waals surface area (Å²) in [5.41, 5.74) is 1.75. The molecule has 2 aromatic heterocycles. The highest BCUT2D eigenvalue weighted by Crippen LogP contribution is 2.35. The van der Waals surface area contributed by atoms with E-state index in [0.717, 1.165) is 4.57 Å². The zero-order valence-corrected chi connectivity index (χ0v) is 17.5. The predicted octanol–water partition coefficient (Wildman–Crippen LogP) is 6.35. The molecule has 164 valence electrons. The fourth-order valence-electron chi connectivity index (χ4n) is 3.48. The molecule has 0 aliphatic carbocycles. The van der Waals surface area contributed by atoms with E-state index in [2.05, 4.69) is 19.9 Å². The maximum atomic E-state index is 13.9. The van der Waals surface area contributed by atoms with Gasteiger partial charge in [0.1, 0.15) is 0 Å². The number of para-hydroxylation sites is 4. The van der Waals surface area contributed by atoms with E-state index in [4.69, 9.17) is 11.6 Å². The molecule has 5 aromatic rings. The van der Waals surface area contributed by atoms with Gasteiger partial charge < -0.3 is 0 Å². The number of aromatic nitrogens is 5. The first-order valence-electron chi connectivity index (χ1n) is 9.79. The molecule has 2 heterocycles. The van der Waals surface area contributed by atoms with E-state index in [1.807, 2.05) is 60.7 Å². The lowest BCUT2D eigenvalue weighted by Crippen LogP contribution is -2.19. The Morgan fingerprint density at radius 3 is 1.88 bits per heavy atom. The van der Waals surface area contributed by atoms with E-state index >= 15 is 0 Å². The maximum absolute atomic E-state index is 13.9. The van der Waals surface area contributed by atoms with Crippen LogP contribution in [0.3, 0.4) is 0 Å². The van der Waals surface area contributed by atoms with E-state index in [1.54, 1.807) is 17.0 Å². The molecule has 0 saturated heterocycles. The van der Waals surface area contributed by atoms with Crippen molar-refractivity contribution in [2.75, 3.05) is 4.90 Å². The molecular weight excluding hydrogens is 453 g/mol. The lowest BCUT2D eigenvalue weighted by molar-refractivity contribution is -0.145. The predicted molar refractivity (Wildman–Crippen MR) is 119 cm³/mol. The van der Waals surface area contributed by atoms with Crippen molar-refractivity contribution >= 4 is 40.0 Å². The molecule has 10 heteroatoms. The zero-order valence-electron chi connectivity index (χ0n) is 16.8. The van der Waals surface area contributed by atoms with Crippen LogP contribution in [0.5, 0.6) is 0 Å². The largest absolute Gasteiger partial charge is 0.450 e. The molecule has 5 rings (SSSR count). The third kappa shape index (κ3) is 3.98. The Morgan fingerprint density at radius 2 is 1.27 bits per heavy atom. The van der Waals surface area contributed by atoms with E-state index in [0.29, 0.717) is 11.4 Å². The van der Waals surface area contributed by atoms with Crippen LogP contribution in [0, 0.1) is 0 Å². The molecular formula is C23H14ClF3N6. The van der Waals surface area contributed by atoms with Crippen LogP contribution in [0.1, 0.15) is 5.82 Å². The van der Waals surface area contributed by atoms with Crippen LogP contribution in [-0.4, -0.2) is 24.5 Å². The molecule has 0 spiro atoms. The van der Waals surface area contributed by atoms with Crippen molar-refractivity contribution < 1.29 is 13.2 Å². The van der Waals surface area contributed by atoms with Crippen molar-refractivity contribution in [2.45, 2.75) is 6.18 Å². The molecule has 0 amide bonds. The number of imidazole rings is 1. The number of alkyl halides is 3. The first-order valence-corrected chi connectivity index (χ1v) is 10.2. The maximum Gasteiger partial charge on any atom is 0.450 e. The number of fused-ring (bicyclic) bond motifs is 1. The third-order valence-corrected chi connectivity index (χ3v) is 5.00. The highest BCUT2D eigenvalue weighted by Gasteiger charge is 2.39. The second kappa shape index (κ2) is 8.18. The van der Waals surface area contributed by atoms with Gasteiger partial charge in [-0.2, -0.15) is 28.1 Å². The number of nitrogens with zero attached hydrogens (tertiary/aromatic N) is 6. The number of halogens is 4. The number of rotatable bonds is 4. The van der Waals surface area contributed by atoms with Crippen molar-refractivity contribution in [2.24, 2.45) is 0 Å². The standard InChI is InChI=1S/C23H14ClF3N6/c24-20-29-21(32(15-9-3-1-4-10-15)16-11-5-2-6-12-16)31-22(30-20)33-18-14-8-7-13-17(18)28-19(33)23(25,26)27/h1-14H. The molecule has 0 atom stereocenters. The van der Waals surface area contributed by atoms with Crippen LogP contribution in [0.2, 0.25) is 5.28 Å². The Balaban J connectivity index is 1.76. The van der Waals surface area contributed by atoms with Gasteiger partial charge in [0.15, 0.2) is 0 Å². The first-order chi connectivity index (χ1) is 15.9. The fourth-order valence-corrected chi connectivity index (χ4v) is 3.63. The van der Waals surface area contributed by atoms with Crippen LogP contribution in [0.25, 0.3) is 17.0 Å². The topological polar surface area (TPSA) is 59.7 Å². The summed E-state index contributed by atoms with van der Waals surface area (Å²) in [4.78, 5) is 18.1. The summed E-state index contributed by atoms with van der Waals surface area (Å²) in [6.07, 6.45) is -4.74. The molecule has 0 aliphatic rings. The Hall–Kier alpha value is -3.98. The normalized spacial score (nSPS) is 11.6. The molecule has 6 nitrogen and oxygen atoms in total. The van der Waals surface area contributed by atoms with Crippen LogP contribution >= 0.6 is 11.6 Å². The Kier molecular flexibility index (Phi) is 5.18. The van der Waals surface area contributed by atoms with E-state index < -0.39 is 12.0 Å². The number of anilines is 3. The first kappa shape index (κ1) is 20.9. The lowest BCUT2D eigenvalue weighted by Gasteiger charge is -2.23. The van der Waals surface area contributed by atoms with Gasteiger partial charge in [0, 0.05) is 11.4 Å². The minimum Gasteiger partial charge on any atom is -0.279 e. The Morgan fingerprint density at radius 1 is 0.697 bits per heavy atom. The van der Waals surface area contributed by atoms with Crippen molar-refractivity contribution in [1.29, 1.82) is 0 Å². The van der Waals surface area contributed by atoms with Gasteiger partial charge in [-0.25, -0.2) is 4.98 Å². The molecule has 0 N–H and O–H groups in total. The fraction of sp³-hybridized carbons (Fsp3) is 0.0435. The summed E-state index contributed by atoms with van der Waals surface area (Å²) in [6.45, 7) is 0. The summed E-state index contributed by atoms with van der Waals surface area (Å²) in [5, 5.41) is -0.252. The highest BCUT2D eigenvalue weighted by molar-refractivity contribution is 6.28. The van der Waals surface area contributed by atoms with Crippen LogP contribution in [0.4, 0.5) is 30.5 Å². The quantitative estimate of drug-likeness (QED) is 0.309. The lowest BCUT2D eigenvalue weighted by atomic mass is 10.2. The van der Waals surface area contributed by atoms with Gasteiger partial charge in [0.05, 0.1) is 11.0 Å². The average Bonchev–Trinajstić information content (AvgIpc) is 3.21. The molecule has 0 aliphatic heterocycles. The monoisotopic (exact) mass is 466 g/mol. The second-order valence-electron chi connectivity index (χ2n) is 6.97. The van der Waals surface area contributed by atoms with Gasteiger partial charge in [-0.05, 0) is 48.0 Å². The SMILES string of the molecule is FC(F)(F)c1nc2ccccc2n1-c1nc(Cl)nc(N(c2ccccc2)c2ccccc2)n1. The van der Waals surface area contributed by atoms with Gasteiger partial charge in [0.25, 0.3) is 0 Å². The van der Waals surface area contributed by atoms with E-state index in [-0.39, 0.29) is 28.2 Å².